The first kappa shape index (κ1) is 17.4. The van der Waals surface area contributed by atoms with E-state index in [1.165, 1.54) is 11.3 Å². The molecule has 0 bridgehead atoms. The maximum Gasteiger partial charge on any atom is 0.267 e. The third-order valence-corrected chi connectivity index (χ3v) is 5.12. The summed E-state index contributed by atoms with van der Waals surface area (Å²) >= 11 is 1.36. The van der Waals surface area contributed by atoms with Gasteiger partial charge in [0.25, 0.3) is 5.91 Å². The molecule has 3 aromatic rings. The molecule has 0 saturated heterocycles. The van der Waals surface area contributed by atoms with Crippen molar-refractivity contribution < 1.29 is 19.0 Å². The fourth-order valence-electron chi connectivity index (χ4n) is 2.98. The summed E-state index contributed by atoms with van der Waals surface area (Å²) in [5.74, 6) is 1.93. The van der Waals surface area contributed by atoms with Crippen LogP contribution in [0.1, 0.15) is 5.56 Å². The lowest BCUT2D eigenvalue weighted by Gasteiger charge is -2.10. The van der Waals surface area contributed by atoms with Crippen molar-refractivity contribution in [3.05, 3.63) is 53.4 Å². The Balaban J connectivity index is 1.48. The van der Waals surface area contributed by atoms with Gasteiger partial charge in [0.1, 0.15) is 17.2 Å². The molecule has 1 aliphatic rings. The second kappa shape index (κ2) is 7.28. The summed E-state index contributed by atoms with van der Waals surface area (Å²) < 4.78 is 16.4. The third kappa shape index (κ3) is 3.46. The van der Waals surface area contributed by atoms with Gasteiger partial charge in [0.15, 0.2) is 11.2 Å². The highest BCUT2D eigenvalue weighted by Crippen LogP contribution is 2.35. The van der Waals surface area contributed by atoms with Gasteiger partial charge in [0, 0.05) is 23.4 Å². The smallest absolute Gasteiger partial charge is 0.267 e. The topological polar surface area (TPSA) is 69.7 Å². The molecule has 1 amide bonds. The first-order valence-electron chi connectivity index (χ1n) is 8.41. The molecule has 0 saturated carbocycles. The van der Waals surface area contributed by atoms with E-state index in [0.29, 0.717) is 23.1 Å². The van der Waals surface area contributed by atoms with Crippen LogP contribution in [0.5, 0.6) is 17.2 Å². The van der Waals surface area contributed by atoms with Gasteiger partial charge in [0.2, 0.25) is 0 Å². The fourth-order valence-corrected chi connectivity index (χ4v) is 3.69. The molecule has 4 rings (SSSR count). The Kier molecular flexibility index (Phi) is 4.68. The van der Waals surface area contributed by atoms with E-state index in [0.717, 1.165) is 22.6 Å². The van der Waals surface area contributed by atoms with Crippen molar-refractivity contribution in [1.82, 2.24) is 4.98 Å². The molecule has 1 aliphatic heterocycles. The molecule has 7 heteroatoms. The van der Waals surface area contributed by atoms with Crippen LogP contribution >= 0.6 is 11.3 Å². The number of nitrogens with zero attached hydrogens (tertiary/aromatic N) is 1. The molecule has 0 fully saturated rings. The summed E-state index contributed by atoms with van der Waals surface area (Å²) in [5.41, 5.74) is 2.60. The van der Waals surface area contributed by atoms with E-state index in [-0.39, 0.29) is 5.91 Å². The van der Waals surface area contributed by atoms with E-state index in [1.807, 2.05) is 41.8 Å². The summed E-state index contributed by atoms with van der Waals surface area (Å²) in [6.07, 6.45) is 0.0253. The van der Waals surface area contributed by atoms with Crippen LogP contribution in [-0.2, 0) is 11.2 Å². The Bertz CT molecular complexity index is 961. The minimum absolute atomic E-state index is 0.200. The molecular weight excluding hydrogens is 364 g/mol. The van der Waals surface area contributed by atoms with E-state index >= 15 is 0 Å². The van der Waals surface area contributed by atoms with Crippen LogP contribution in [0.15, 0.2) is 47.8 Å². The molecule has 1 unspecified atom stereocenters. The summed E-state index contributed by atoms with van der Waals surface area (Å²) in [6.45, 7) is 0. The first-order chi connectivity index (χ1) is 13.2. The second-order valence-corrected chi connectivity index (χ2v) is 6.87. The molecule has 6 nitrogen and oxygen atoms in total. The number of aromatic nitrogens is 1. The van der Waals surface area contributed by atoms with Crippen LogP contribution in [-0.4, -0.2) is 31.2 Å². The number of carbonyl (C=O) groups excluding carboxylic acids is 1. The number of rotatable bonds is 5. The lowest BCUT2D eigenvalue weighted by atomic mass is 10.1. The predicted octanol–water partition coefficient (Wildman–Crippen LogP) is 3.77. The molecule has 0 radical (unpaired) electrons. The number of carbonyl (C=O) groups is 1. The van der Waals surface area contributed by atoms with Crippen molar-refractivity contribution in [1.29, 1.82) is 0 Å². The molecule has 2 aromatic carbocycles. The molecule has 138 valence electrons. The fraction of sp³-hybridized carbons (Fsp3) is 0.200. The Morgan fingerprint density at radius 2 is 2.07 bits per heavy atom. The number of thiazole rings is 1. The highest BCUT2D eigenvalue weighted by molar-refractivity contribution is 7.14. The van der Waals surface area contributed by atoms with E-state index in [9.17, 15) is 4.79 Å². The number of hydrogen-bond donors (Lipinski definition) is 1. The SMILES string of the molecule is COc1ccc(-c2csc(NC(=O)C3Cc4ccccc4O3)n2)c(OC)c1. The van der Waals surface area contributed by atoms with Gasteiger partial charge in [-0.3, -0.25) is 10.1 Å². The predicted molar refractivity (Wildman–Crippen MR) is 104 cm³/mol. The van der Waals surface area contributed by atoms with Gasteiger partial charge < -0.3 is 14.2 Å². The minimum Gasteiger partial charge on any atom is -0.497 e. The van der Waals surface area contributed by atoms with Crippen molar-refractivity contribution in [2.24, 2.45) is 0 Å². The number of fused-ring (bicyclic) bond motifs is 1. The van der Waals surface area contributed by atoms with Gasteiger partial charge in [0.05, 0.1) is 19.9 Å². The quantitative estimate of drug-likeness (QED) is 0.727. The molecule has 0 spiro atoms. The van der Waals surface area contributed by atoms with Gasteiger partial charge in [-0.05, 0) is 23.8 Å². The second-order valence-electron chi connectivity index (χ2n) is 6.01. The average molecular weight is 382 g/mol. The molecule has 0 aliphatic carbocycles. The third-order valence-electron chi connectivity index (χ3n) is 4.36. The highest BCUT2D eigenvalue weighted by Gasteiger charge is 2.29. The number of ether oxygens (including phenoxy) is 3. The number of hydrogen-bond acceptors (Lipinski definition) is 6. The van der Waals surface area contributed by atoms with Gasteiger partial charge in [-0.15, -0.1) is 11.3 Å². The minimum atomic E-state index is -0.537. The Morgan fingerprint density at radius 3 is 2.85 bits per heavy atom. The molecular formula is C20H18N2O4S. The van der Waals surface area contributed by atoms with Crippen LogP contribution in [0, 0.1) is 0 Å². The molecule has 1 aromatic heterocycles. The van der Waals surface area contributed by atoms with Crippen molar-refractivity contribution in [3.8, 4) is 28.5 Å². The van der Waals surface area contributed by atoms with Crippen molar-refractivity contribution in [3.63, 3.8) is 0 Å². The van der Waals surface area contributed by atoms with Gasteiger partial charge in [-0.2, -0.15) is 0 Å². The monoisotopic (exact) mass is 382 g/mol. The van der Waals surface area contributed by atoms with Crippen molar-refractivity contribution >= 4 is 22.4 Å². The summed E-state index contributed by atoms with van der Waals surface area (Å²) in [5, 5.41) is 5.25. The highest BCUT2D eigenvalue weighted by atomic mass is 32.1. The zero-order valence-corrected chi connectivity index (χ0v) is 15.7. The molecule has 2 heterocycles. The van der Waals surface area contributed by atoms with Crippen molar-refractivity contribution in [2.75, 3.05) is 19.5 Å². The largest absolute Gasteiger partial charge is 0.497 e. The normalized spacial score (nSPS) is 15.0. The van der Waals surface area contributed by atoms with Gasteiger partial charge >= 0.3 is 0 Å². The van der Waals surface area contributed by atoms with Crippen LogP contribution in [0.2, 0.25) is 0 Å². The van der Waals surface area contributed by atoms with Gasteiger partial charge in [-0.1, -0.05) is 18.2 Å². The lowest BCUT2D eigenvalue weighted by Crippen LogP contribution is -2.31. The van der Waals surface area contributed by atoms with Crippen LogP contribution in [0.25, 0.3) is 11.3 Å². The zero-order chi connectivity index (χ0) is 18.8. The Hall–Kier alpha value is -3.06. The van der Waals surface area contributed by atoms with Crippen LogP contribution in [0.3, 0.4) is 0 Å². The lowest BCUT2D eigenvalue weighted by molar-refractivity contribution is -0.122. The van der Waals surface area contributed by atoms with Crippen molar-refractivity contribution in [2.45, 2.75) is 12.5 Å². The van der Waals surface area contributed by atoms with Crippen LogP contribution < -0.4 is 19.5 Å². The Morgan fingerprint density at radius 1 is 1.22 bits per heavy atom. The summed E-state index contributed by atoms with van der Waals surface area (Å²) in [7, 11) is 3.21. The molecule has 1 N–H and O–H groups in total. The molecule has 27 heavy (non-hydrogen) atoms. The van der Waals surface area contributed by atoms with E-state index in [1.54, 1.807) is 20.3 Å². The van der Waals surface area contributed by atoms with E-state index < -0.39 is 6.10 Å². The Labute approximate surface area is 160 Å². The number of amides is 1. The number of nitrogens with one attached hydrogen (secondary N) is 1. The first-order valence-corrected chi connectivity index (χ1v) is 9.29. The zero-order valence-electron chi connectivity index (χ0n) is 14.9. The van der Waals surface area contributed by atoms with E-state index in [2.05, 4.69) is 10.3 Å². The molecule has 1 atom stereocenters. The van der Waals surface area contributed by atoms with E-state index in [4.69, 9.17) is 14.2 Å². The maximum absolute atomic E-state index is 12.5. The van der Waals surface area contributed by atoms with Crippen LogP contribution in [0.4, 0.5) is 5.13 Å². The number of anilines is 1. The standard InChI is InChI=1S/C20H18N2O4S/c1-24-13-7-8-14(17(10-13)25-2)15-11-27-20(21-15)22-19(23)18-9-12-5-3-4-6-16(12)26-18/h3-8,10-11,18H,9H2,1-2H3,(H,21,22,23). The number of para-hydroxylation sites is 1. The summed E-state index contributed by atoms with van der Waals surface area (Å²) in [4.78, 5) is 17.0. The summed E-state index contributed by atoms with van der Waals surface area (Å²) in [6, 6.07) is 13.2. The number of methoxy groups -OCH3 is 2. The average Bonchev–Trinajstić information content (AvgIpc) is 3.34. The maximum atomic E-state index is 12.5. The number of benzene rings is 2. The van der Waals surface area contributed by atoms with Gasteiger partial charge in [-0.25, -0.2) is 4.98 Å².